The van der Waals surface area contributed by atoms with Crippen LogP contribution in [0.25, 0.3) is 0 Å². The van der Waals surface area contributed by atoms with Gasteiger partial charge >= 0.3 is 5.97 Å². The van der Waals surface area contributed by atoms with Crippen molar-refractivity contribution in [1.29, 1.82) is 0 Å². The van der Waals surface area contributed by atoms with Crippen molar-refractivity contribution in [3.63, 3.8) is 0 Å². The highest BCUT2D eigenvalue weighted by Crippen LogP contribution is 2.30. The van der Waals surface area contributed by atoms with Crippen molar-refractivity contribution in [3.8, 4) is 5.75 Å². The molecule has 1 saturated heterocycles. The first-order valence-corrected chi connectivity index (χ1v) is 9.31. The SMILES string of the molecule is O=C(Oc1ccc([N+](=O)[O-])cc1Cl)C1CCN(C(=O)c2ccc(Cl)cc2)CC1. The van der Waals surface area contributed by atoms with Crippen LogP contribution in [0.4, 0.5) is 5.69 Å². The Hall–Kier alpha value is -2.64. The maximum absolute atomic E-state index is 12.5. The summed E-state index contributed by atoms with van der Waals surface area (Å²) in [5.74, 6) is -0.867. The van der Waals surface area contributed by atoms with E-state index >= 15 is 0 Å². The van der Waals surface area contributed by atoms with Crippen molar-refractivity contribution in [2.24, 2.45) is 5.92 Å². The van der Waals surface area contributed by atoms with E-state index in [1.165, 1.54) is 12.1 Å². The summed E-state index contributed by atoms with van der Waals surface area (Å²) in [5, 5.41) is 11.3. The van der Waals surface area contributed by atoms with Crippen LogP contribution in [0.5, 0.6) is 5.75 Å². The predicted octanol–water partition coefficient (Wildman–Crippen LogP) is 4.36. The van der Waals surface area contributed by atoms with Gasteiger partial charge in [0.2, 0.25) is 0 Å². The minimum Gasteiger partial charge on any atom is -0.425 e. The standard InChI is InChI=1S/C19H16Cl2N2O5/c20-14-3-1-12(2-4-14)18(24)22-9-7-13(8-10-22)19(25)28-17-6-5-15(23(26)27)11-16(17)21/h1-6,11,13H,7-10H2. The molecule has 0 saturated carbocycles. The number of ether oxygens (including phenoxy) is 1. The minimum atomic E-state index is -0.578. The molecule has 0 aromatic heterocycles. The number of amides is 1. The molecule has 1 amide bonds. The molecule has 0 bridgehead atoms. The molecule has 0 spiro atoms. The van der Waals surface area contributed by atoms with Crippen LogP contribution in [0.15, 0.2) is 42.5 Å². The van der Waals surface area contributed by atoms with Crippen LogP contribution in [0.3, 0.4) is 0 Å². The van der Waals surface area contributed by atoms with E-state index in [2.05, 4.69) is 0 Å². The van der Waals surface area contributed by atoms with E-state index in [0.717, 1.165) is 6.07 Å². The minimum absolute atomic E-state index is 0.00194. The third-order valence-electron chi connectivity index (χ3n) is 4.54. The number of rotatable bonds is 4. The van der Waals surface area contributed by atoms with Gasteiger partial charge in [0, 0.05) is 35.8 Å². The van der Waals surface area contributed by atoms with Crippen molar-refractivity contribution in [1.82, 2.24) is 4.90 Å². The molecule has 7 nitrogen and oxygen atoms in total. The van der Waals surface area contributed by atoms with E-state index in [0.29, 0.717) is 36.5 Å². The number of halogens is 2. The van der Waals surface area contributed by atoms with Crippen LogP contribution >= 0.6 is 23.2 Å². The van der Waals surface area contributed by atoms with Crippen LogP contribution in [-0.4, -0.2) is 34.8 Å². The fourth-order valence-electron chi connectivity index (χ4n) is 2.97. The molecule has 3 rings (SSSR count). The second-order valence-electron chi connectivity index (χ2n) is 6.37. The molecule has 1 fully saturated rings. The van der Waals surface area contributed by atoms with Crippen molar-refractivity contribution in [2.45, 2.75) is 12.8 Å². The van der Waals surface area contributed by atoms with Gasteiger partial charge in [0.25, 0.3) is 11.6 Å². The number of nitro groups is 1. The Morgan fingerprint density at radius 3 is 2.29 bits per heavy atom. The van der Waals surface area contributed by atoms with Gasteiger partial charge in [-0.2, -0.15) is 0 Å². The lowest BCUT2D eigenvalue weighted by Gasteiger charge is -2.31. The molecule has 0 aliphatic carbocycles. The molecule has 28 heavy (non-hydrogen) atoms. The molecule has 0 radical (unpaired) electrons. The van der Waals surface area contributed by atoms with Crippen LogP contribution in [0, 0.1) is 16.0 Å². The van der Waals surface area contributed by atoms with Crippen molar-refractivity contribution in [2.75, 3.05) is 13.1 Å². The van der Waals surface area contributed by atoms with Crippen molar-refractivity contribution >= 4 is 40.8 Å². The molecule has 0 N–H and O–H groups in total. The smallest absolute Gasteiger partial charge is 0.314 e. The first-order valence-electron chi connectivity index (χ1n) is 8.55. The maximum Gasteiger partial charge on any atom is 0.314 e. The quantitative estimate of drug-likeness (QED) is 0.316. The van der Waals surface area contributed by atoms with Gasteiger partial charge in [0.05, 0.1) is 15.9 Å². The number of carbonyl (C=O) groups excluding carboxylic acids is 2. The topological polar surface area (TPSA) is 89.8 Å². The third-order valence-corrected chi connectivity index (χ3v) is 5.09. The first-order chi connectivity index (χ1) is 13.3. The monoisotopic (exact) mass is 422 g/mol. The van der Waals surface area contributed by atoms with E-state index in [9.17, 15) is 19.7 Å². The Balaban J connectivity index is 1.57. The summed E-state index contributed by atoms with van der Waals surface area (Å²) in [6.45, 7) is 0.852. The van der Waals surface area contributed by atoms with Gasteiger partial charge in [-0.1, -0.05) is 23.2 Å². The Kier molecular flexibility index (Phi) is 6.16. The molecule has 0 atom stereocenters. The molecule has 0 unspecified atom stereocenters. The Morgan fingerprint density at radius 1 is 1.07 bits per heavy atom. The second kappa shape index (κ2) is 8.58. The molecule has 1 heterocycles. The van der Waals surface area contributed by atoms with Crippen molar-refractivity contribution in [3.05, 3.63) is 68.2 Å². The van der Waals surface area contributed by atoms with Crippen LogP contribution < -0.4 is 4.74 Å². The molecule has 1 aliphatic rings. The Bertz CT molecular complexity index is 909. The van der Waals surface area contributed by atoms with Gasteiger partial charge in [0.15, 0.2) is 0 Å². The first kappa shape index (κ1) is 20.1. The summed E-state index contributed by atoms with van der Waals surface area (Å²) in [6.07, 6.45) is 0.922. The number of esters is 1. The third kappa shape index (κ3) is 4.61. The summed E-state index contributed by atoms with van der Waals surface area (Å²) >= 11 is 11.8. The Labute approximate surface area is 170 Å². The van der Waals surface area contributed by atoms with E-state index in [-0.39, 0.29) is 28.3 Å². The number of nitrogens with zero attached hydrogens (tertiary/aromatic N) is 2. The maximum atomic E-state index is 12.5. The highest BCUT2D eigenvalue weighted by molar-refractivity contribution is 6.32. The number of hydrogen-bond donors (Lipinski definition) is 0. The van der Waals surface area contributed by atoms with Gasteiger partial charge < -0.3 is 9.64 Å². The van der Waals surface area contributed by atoms with Gasteiger partial charge in [-0.3, -0.25) is 19.7 Å². The number of nitro benzene ring substituents is 1. The number of likely N-dealkylation sites (tertiary alicyclic amines) is 1. The number of benzene rings is 2. The van der Waals surface area contributed by atoms with Crippen LogP contribution in [-0.2, 0) is 4.79 Å². The van der Waals surface area contributed by atoms with Crippen molar-refractivity contribution < 1.29 is 19.2 Å². The lowest BCUT2D eigenvalue weighted by Crippen LogP contribution is -2.41. The average Bonchev–Trinajstić information content (AvgIpc) is 2.69. The largest absolute Gasteiger partial charge is 0.425 e. The molecule has 9 heteroatoms. The second-order valence-corrected chi connectivity index (χ2v) is 7.21. The van der Waals surface area contributed by atoms with Gasteiger partial charge in [-0.25, -0.2) is 0 Å². The number of hydrogen-bond acceptors (Lipinski definition) is 5. The number of non-ortho nitro benzene ring substituents is 1. The summed E-state index contributed by atoms with van der Waals surface area (Å²) < 4.78 is 5.30. The predicted molar refractivity (Wildman–Crippen MR) is 104 cm³/mol. The van der Waals surface area contributed by atoms with E-state index in [1.807, 2.05) is 0 Å². The zero-order chi connectivity index (χ0) is 20.3. The fourth-order valence-corrected chi connectivity index (χ4v) is 3.31. The summed E-state index contributed by atoms with van der Waals surface area (Å²) in [4.78, 5) is 36.7. The van der Waals surface area contributed by atoms with Crippen LogP contribution in [0.1, 0.15) is 23.2 Å². The van der Waals surface area contributed by atoms with E-state index < -0.39 is 10.9 Å². The zero-order valence-electron chi connectivity index (χ0n) is 14.6. The lowest BCUT2D eigenvalue weighted by atomic mass is 9.96. The van der Waals surface area contributed by atoms with E-state index in [1.54, 1.807) is 29.2 Å². The normalized spacial score (nSPS) is 14.6. The number of piperidine rings is 1. The molecule has 2 aromatic rings. The fraction of sp³-hybridized carbons (Fsp3) is 0.263. The molecule has 146 valence electrons. The number of carbonyl (C=O) groups is 2. The summed E-state index contributed by atoms with van der Waals surface area (Å²) in [6, 6.07) is 10.3. The van der Waals surface area contributed by atoms with E-state index in [4.69, 9.17) is 27.9 Å². The highest BCUT2D eigenvalue weighted by atomic mass is 35.5. The molecule has 1 aliphatic heterocycles. The molecular formula is C19H16Cl2N2O5. The molecule has 2 aromatic carbocycles. The highest BCUT2D eigenvalue weighted by Gasteiger charge is 2.29. The van der Waals surface area contributed by atoms with Gasteiger partial charge in [-0.15, -0.1) is 0 Å². The van der Waals surface area contributed by atoms with Crippen LogP contribution in [0.2, 0.25) is 10.0 Å². The average molecular weight is 423 g/mol. The van der Waals surface area contributed by atoms with Gasteiger partial charge in [-0.05, 0) is 43.2 Å². The molecular weight excluding hydrogens is 407 g/mol. The lowest BCUT2D eigenvalue weighted by molar-refractivity contribution is -0.384. The Morgan fingerprint density at radius 2 is 1.71 bits per heavy atom. The zero-order valence-corrected chi connectivity index (χ0v) is 16.2. The summed E-state index contributed by atoms with van der Waals surface area (Å²) in [5.41, 5.74) is 0.363. The summed E-state index contributed by atoms with van der Waals surface area (Å²) in [7, 11) is 0. The van der Waals surface area contributed by atoms with Gasteiger partial charge in [0.1, 0.15) is 5.75 Å².